The van der Waals surface area contributed by atoms with Crippen LogP contribution < -0.4 is 5.32 Å². The Labute approximate surface area is 101 Å². The van der Waals surface area contributed by atoms with Crippen molar-refractivity contribution in [1.82, 2.24) is 4.98 Å². The van der Waals surface area contributed by atoms with Crippen LogP contribution in [0.15, 0.2) is 27.4 Å². The molecule has 2 aromatic rings. The molecule has 0 amide bonds. The van der Waals surface area contributed by atoms with Gasteiger partial charge < -0.3 is 9.73 Å². The summed E-state index contributed by atoms with van der Waals surface area (Å²) in [5.41, 5.74) is 0. The van der Waals surface area contributed by atoms with Gasteiger partial charge in [0.25, 0.3) is 0 Å². The minimum absolute atomic E-state index is 0.914. The van der Waals surface area contributed by atoms with Crippen molar-refractivity contribution in [3.63, 3.8) is 0 Å². The normalized spacial score (nSPS) is 10.5. The number of rotatable bonds is 4. The Kier molecular flexibility index (Phi) is 3.43. The van der Waals surface area contributed by atoms with Gasteiger partial charge in [-0.25, -0.2) is 4.98 Å². The van der Waals surface area contributed by atoms with Crippen molar-refractivity contribution in [3.8, 4) is 0 Å². The molecule has 5 heteroatoms. The highest BCUT2D eigenvalue weighted by Gasteiger charge is 2.08. The molecule has 2 aromatic heterocycles. The fourth-order valence-electron chi connectivity index (χ4n) is 1.29. The van der Waals surface area contributed by atoms with E-state index in [0.29, 0.717) is 0 Å². The van der Waals surface area contributed by atoms with Crippen molar-refractivity contribution in [2.75, 3.05) is 12.4 Å². The molecule has 0 radical (unpaired) electrons. The van der Waals surface area contributed by atoms with Gasteiger partial charge in [-0.1, -0.05) is 0 Å². The quantitative estimate of drug-likeness (QED) is 0.937. The second-order valence-electron chi connectivity index (χ2n) is 3.06. The van der Waals surface area contributed by atoms with Crippen molar-refractivity contribution >= 4 is 32.4 Å². The van der Waals surface area contributed by atoms with E-state index in [-0.39, 0.29) is 0 Å². The predicted molar refractivity (Wildman–Crippen MR) is 65.5 cm³/mol. The number of furan rings is 1. The summed E-state index contributed by atoms with van der Waals surface area (Å²) in [6.45, 7) is 0. The second-order valence-corrected chi connectivity index (χ2v) is 4.90. The number of hydrogen-bond acceptors (Lipinski definition) is 4. The van der Waals surface area contributed by atoms with Gasteiger partial charge in [0.15, 0.2) is 5.13 Å². The van der Waals surface area contributed by atoms with Crippen LogP contribution in [0.2, 0.25) is 0 Å². The number of thiazole rings is 1. The zero-order chi connectivity index (χ0) is 10.7. The summed E-state index contributed by atoms with van der Waals surface area (Å²) in [5.74, 6) is 1.02. The smallest absolute Gasteiger partial charge is 0.183 e. The number of halogens is 1. The van der Waals surface area contributed by atoms with Gasteiger partial charge in [-0.15, -0.1) is 11.3 Å². The molecule has 0 saturated heterocycles. The van der Waals surface area contributed by atoms with E-state index in [1.54, 1.807) is 17.6 Å². The Hall–Kier alpha value is -0.810. The van der Waals surface area contributed by atoms with Crippen LogP contribution in [0.5, 0.6) is 0 Å². The van der Waals surface area contributed by atoms with Gasteiger partial charge in [0.1, 0.15) is 10.4 Å². The first-order valence-electron chi connectivity index (χ1n) is 4.65. The van der Waals surface area contributed by atoms with E-state index in [9.17, 15) is 0 Å². The van der Waals surface area contributed by atoms with Crippen molar-refractivity contribution in [1.29, 1.82) is 0 Å². The lowest BCUT2D eigenvalue weighted by Crippen LogP contribution is -1.86. The SMILES string of the molecule is CNc1nc(Br)c(CCc2ccco2)s1. The van der Waals surface area contributed by atoms with E-state index in [4.69, 9.17) is 4.42 Å². The zero-order valence-corrected chi connectivity index (χ0v) is 10.7. The van der Waals surface area contributed by atoms with Crippen LogP contribution >= 0.6 is 27.3 Å². The van der Waals surface area contributed by atoms with E-state index >= 15 is 0 Å². The van der Waals surface area contributed by atoms with Crippen LogP contribution in [0.3, 0.4) is 0 Å². The first kappa shape index (κ1) is 10.7. The molecule has 0 aliphatic carbocycles. The number of nitrogens with one attached hydrogen (secondary N) is 1. The average molecular weight is 287 g/mol. The largest absolute Gasteiger partial charge is 0.469 e. The number of aryl methyl sites for hydroxylation is 2. The van der Waals surface area contributed by atoms with Gasteiger partial charge in [0, 0.05) is 18.3 Å². The number of hydrogen-bond donors (Lipinski definition) is 1. The number of nitrogens with zero attached hydrogens (tertiary/aromatic N) is 1. The molecule has 0 spiro atoms. The summed E-state index contributed by atoms with van der Waals surface area (Å²) >= 11 is 5.12. The third-order valence-corrected chi connectivity index (χ3v) is 4.09. The van der Waals surface area contributed by atoms with E-state index < -0.39 is 0 Å². The molecule has 0 bridgehead atoms. The number of anilines is 1. The molecule has 15 heavy (non-hydrogen) atoms. The zero-order valence-electron chi connectivity index (χ0n) is 8.29. The van der Waals surface area contributed by atoms with E-state index in [1.807, 2.05) is 19.2 Å². The van der Waals surface area contributed by atoms with Gasteiger partial charge in [-0.3, -0.25) is 0 Å². The van der Waals surface area contributed by atoms with Crippen molar-refractivity contribution in [2.24, 2.45) is 0 Å². The molecule has 1 N–H and O–H groups in total. The topological polar surface area (TPSA) is 38.1 Å². The third-order valence-electron chi connectivity index (χ3n) is 2.04. The molecule has 2 rings (SSSR count). The summed E-state index contributed by atoms with van der Waals surface area (Å²) < 4.78 is 6.22. The molecule has 3 nitrogen and oxygen atoms in total. The third kappa shape index (κ3) is 2.60. The van der Waals surface area contributed by atoms with E-state index in [0.717, 1.165) is 28.3 Å². The minimum Gasteiger partial charge on any atom is -0.469 e. The molecular formula is C10H11BrN2OS. The maximum Gasteiger partial charge on any atom is 0.183 e. The Morgan fingerprint density at radius 2 is 2.40 bits per heavy atom. The van der Waals surface area contributed by atoms with E-state index in [1.165, 1.54) is 4.88 Å². The predicted octanol–water partition coefficient (Wildman–Crippen LogP) is 3.33. The van der Waals surface area contributed by atoms with E-state index in [2.05, 4.69) is 26.2 Å². The van der Waals surface area contributed by atoms with Gasteiger partial charge >= 0.3 is 0 Å². The molecule has 0 unspecified atom stereocenters. The van der Waals surface area contributed by atoms with Gasteiger partial charge in [0.05, 0.1) is 6.26 Å². The highest BCUT2D eigenvalue weighted by molar-refractivity contribution is 9.10. The maximum atomic E-state index is 5.28. The van der Waals surface area contributed by atoms with Crippen LogP contribution in [0, 0.1) is 0 Å². The lowest BCUT2D eigenvalue weighted by Gasteiger charge is -1.94. The molecule has 0 fully saturated rings. The summed E-state index contributed by atoms with van der Waals surface area (Å²) in [4.78, 5) is 5.57. The maximum absolute atomic E-state index is 5.28. The summed E-state index contributed by atoms with van der Waals surface area (Å²) in [5, 5.41) is 3.98. The molecular weight excluding hydrogens is 276 g/mol. The van der Waals surface area contributed by atoms with Crippen LogP contribution in [0.25, 0.3) is 0 Å². The Bertz CT molecular complexity index is 425. The van der Waals surface area contributed by atoms with Gasteiger partial charge in [-0.2, -0.15) is 0 Å². The Balaban J connectivity index is 2.01. The van der Waals surface area contributed by atoms with Crippen LogP contribution in [-0.2, 0) is 12.8 Å². The first-order chi connectivity index (χ1) is 7.29. The minimum atomic E-state index is 0.914. The average Bonchev–Trinajstić information content (AvgIpc) is 2.84. The monoisotopic (exact) mass is 286 g/mol. The lowest BCUT2D eigenvalue weighted by atomic mass is 10.2. The van der Waals surface area contributed by atoms with Crippen LogP contribution in [-0.4, -0.2) is 12.0 Å². The fraction of sp³-hybridized carbons (Fsp3) is 0.300. The second kappa shape index (κ2) is 4.81. The standard InChI is InChI=1S/C10H11BrN2OS/c1-12-10-13-9(11)8(15-10)5-4-7-3-2-6-14-7/h2-3,6H,4-5H2,1H3,(H,12,13). The van der Waals surface area contributed by atoms with Crippen LogP contribution in [0.1, 0.15) is 10.6 Å². The van der Waals surface area contributed by atoms with Crippen LogP contribution in [0.4, 0.5) is 5.13 Å². The molecule has 0 atom stereocenters. The molecule has 80 valence electrons. The molecule has 0 aromatic carbocycles. The van der Waals surface area contributed by atoms with Gasteiger partial charge in [0.2, 0.25) is 0 Å². The lowest BCUT2D eigenvalue weighted by molar-refractivity contribution is 0.509. The summed E-state index contributed by atoms with van der Waals surface area (Å²) in [6.07, 6.45) is 3.57. The molecule has 2 heterocycles. The van der Waals surface area contributed by atoms with Gasteiger partial charge in [-0.05, 0) is 34.5 Å². The Morgan fingerprint density at radius 1 is 1.53 bits per heavy atom. The van der Waals surface area contributed by atoms with Crippen molar-refractivity contribution < 1.29 is 4.42 Å². The highest BCUT2D eigenvalue weighted by atomic mass is 79.9. The molecule has 0 saturated carbocycles. The fourth-order valence-corrected chi connectivity index (χ4v) is 2.83. The Morgan fingerprint density at radius 3 is 3.00 bits per heavy atom. The molecule has 0 aliphatic heterocycles. The molecule has 0 aliphatic rings. The number of aromatic nitrogens is 1. The van der Waals surface area contributed by atoms with Crippen molar-refractivity contribution in [2.45, 2.75) is 12.8 Å². The summed E-state index contributed by atoms with van der Waals surface area (Å²) in [7, 11) is 1.88. The summed E-state index contributed by atoms with van der Waals surface area (Å²) in [6, 6.07) is 3.91. The first-order valence-corrected chi connectivity index (χ1v) is 6.26. The highest BCUT2D eigenvalue weighted by Crippen LogP contribution is 2.28. The van der Waals surface area contributed by atoms with Crippen molar-refractivity contribution in [3.05, 3.63) is 33.6 Å².